The average Bonchev–Trinajstić information content (AvgIpc) is 3.41. The highest BCUT2D eigenvalue weighted by Crippen LogP contribution is 2.38. The standard InChI is InChI=1S/C20H30N4O4S2.CH5P/c1-6-24(7-2)30(26)20-18(25)17(12-29-20)23-16(11-27-5)19(21)22-9-15-8-14(10-28-15)13(3)4;1-2/h8,10-13,23,25H,6-7,9H2,1-5H3,(H2,21,22);2H2,1H3/b16-11+;. The Morgan fingerprint density at radius 3 is 2.62 bits per heavy atom. The molecule has 0 spiro atoms. The molecular formula is C21H35N4O4PS2. The molecule has 2 rings (SSSR count). The van der Waals surface area contributed by atoms with Gasteiger partial charge in [0.1, 0.15) is 34.5 Å². The maximum absolute atomic E-state index is 12.7. The van der Waals surface area contributed by atoms with Crippen LogP contribution in [0, 0.1) is 0 Å². The van der Waals surface area contributed by atoms with Crippen LogP contribution in [-0.2, 0) is 22.3 Å². The van der Waals surface area contributed by atoms with Crippen LogP contribution in [0.1, 0.15) is 44.9 Å². The highest BCUT2D eigenvalue weighted by atomic mass is 32.2. The first kappa shape index (κ1) is 28.2. The van der Waals surface area contributed by atoms with Crippen LogP contribution in [0.25, 0.3) is 0 Å². The van der Waals surface area contributed by atoms with Crippen molar-refractivity contribution in [1.29, 1.82) is 0 Å². The number of ether oxygens (including phenoxy) is 1. The van der Waals surface area contributed by atoms with Gasteiger partial charge < -0.3 is 25.3 Å². The summed E-state index contributed by atoms with van der Waals surface area (Å²) in [6.07, 6.45) is 3.12. The smallest absolute Gasteiger partial charge is 0.167 e. The number of nitrogens with zero attached hydrogens (tertiary/aromatic N) is 2. The molecule has 32 heavy (non-hydrogen) atoms. The number of anilines is 1. The van der Waals surface area contributed by atoms with Gasteiger partial charge in [0.25, 0.3) is 0 Å². The van der Waals surface area contributed by atoms with Gasteiger partial charge in [0.05, 0.1) is 25.6 Å². The van der Waals surface area contributed by atoms with E-state index in [9.17, 15) is 9.32 Å². The fourth-order valence-corrected chi connectivity index (χ4v) is 4.96. The van der Waals surface area contributed by atoms with E-state index in [1.165, 1.54) is 24.7 Å². The lowest BCUT2D eigenvalue weighted by molar-refractivity contribution is 0.336. The minimum Gasteiger partial charge on any atom is -0.504 e. The number of aliphatic imine (C=N–C) groups is 1. The van der Waals surface area contributed by atoms with Crippen LogP contribution in [0.4, 0.5) is 5.69 Å². The van der Waals surface area contributed by atoms with E-state index in [-0.39, 0.29) is 18.1 Å². The summed E-state index contributed by atoms with van der Waals surface area (Å²) >= 11 is 1.21. The number of nitrogens with one attached hydrogen (secondary N) is 1. The van der Waals surface area contributed by atoms with Crippen LogP contribution in [0.15, 0.2) is 43.3 Å². The van der Waals surface area contributed by atoms with Crippen molar-refractivity contribution in [2.45, 2.75) is 44.4 Å². The van der Waals surface area contributed by atoms with E-state index in [1.54, 1.807) is 15.9 Å². The first-order valence-electron chi connectivity index (χ1n) is 10.2. The van der Waals surface area contributed by atoms with Gasteiger partial charge in [-0.1, -0.05) is 34.4 Å². The number of aromatic hydroxyl groups is 1. The minimum atomic E-state index is -1.43. The number of amidine groups is 1. The predicted molar refractivity (Wildman–Crippen MR) is 138 cm³/mol. The number of hydrogen-bond donors (Lipinski definition) is 3. The van der Waals surface area contributed by atoms with Gasteiger partial charge >= 0.3 is 0 Å². The lowest BCUT2D eigenvalue weighted by atomic mass is 10.1. The SMILES string of the molecule is CCN(CC)S(=O)c1scc(N/C(=C/OC)C(N)=NCc2cc(C(C)C)co2)c1O.CP. The normalized spacial score (nSPS) is 13.2. The molecule has 0 saturated heterocycles. The van der Waals surface area contributed by atoms with Gasteiger partial charge in [-0.05, 0) is 17.5 Å². The quantitative estimate of drug-likeness (QED) is 0.181. The van der Waals surface area contributed by atoms with Crippen molar-refractivity contribution in [3.05, 3.63) is 41.0 Å². The number of furan rings is 1. The summed E-state index contributed by atoms with van der Waals surface area (Å²) in [4.78, 5) is 4.35. The van der Waals surface area contributed by atoms with Crippen molar-refractivity contribution in [2.75, 3.05) is 32.2 Å². The van der Waals surface area contributed by atoms with Crippen LogP contribution >= 0.6 is 20.6 Å². The Labute approximate surface area is 199 Å². The molecule has 2 atom stereocenters. The summed E-state index contributed by atoms with van der Waals surface area (Å²) in [5.74, 6) is 1.19. The maximum atomic E-state index is 12.7. The summed E-state index contributed by atoms with van der Waals surface area (Å²) < 4.78 is 25.4. The van der Waals surface area contributed by atoms with E-state index < -0.39 is 11.0 Å². The zero-order valence-electron chi connectivity index (χ0n) is 19.5. The molecule has 0 aromatic carbocycles. The van der Waals surface area contributed by atoms with Crippen LogP contribution < -0.4 is 11.1 Å². The van der Waals surface area contributed by atoms with Gasteiger partial charge in [-0.15, -0.1) is 20.6 Å². The predicted octanol–water partition coefficient (Wildman–Crippen LogP) is 4.48. The Kier molecular flexibility index (Phi) is 12.6. The molecule has 2 heterocycles. The molecule has 2 aromatic rings. The molecule has 0 aliphatic heterocycles. The third-order valence-electron chi connectivity index (χ3n) is 4.36. The van der Waals surface area contributed by atoms with Crippen LogP contribution in [0.5, 0.6) is 5.75 Å². The lowest BCUT2D eigenvalue weighted by Crippen LogP contribution is -2.25. The van der Waals surface area contributed by atoms with Crippen molar-refractivity contribution < 1.29 is 18.5 Å². The summed E-state index contributed by atoms with van der Waals surface area (Å²) in [6, 6.07) is 1.95. The van der Waals surface area contributed by atoms with Gasteiger partial charge in [0.15, 0.2) is 9.96 Å². The number of nitrogens with two attached hydrogens (primary N) is 1. The van der Waals surface area contributed by atoms with Gasteiger partial charge in [-0.3, -0.25) is 4.99 Å². The Morgan fingerprint density at radius 1 is 1.44 bits per heavy atom. The fraction of sp³-hybridized carbons (Fsp3) is 0.476. The fourth-order valence-electron chi connectivity index (χ4n) is 2.57. The number of rotatable bonds is 11. The number of hydrogen-bond acceptors (Lipinski definition) is 7. The van der Waals surface area contributed by atoms with Crippen molar-refractivity contribution in [3.63, 3.8) is 0 Å². The molecule has 0 fully saturated rings. The van der Waals surface area contributed by atoms with Gasteiger partial charge in [-0.2, -0.15) is 0 Å². The van der Waals surface area contributed by atoms with Gasteiger partial charge in [-0.25, -0.2) is 8.51 Å². The van der Waals surface area contributed by atoms with Crippen molar-refractivity contribution in [3.8, 4) is 5.75 Å². The van der Waals surface area contributed by atoms with E-state index in [4.69, 9.17) is 14.9 Å². The largest absolute Gasteiger partial charge is 0.504 e. The maximum Gasteiger partial charge on any atom is 0.167 e. The Balaban J connectivity index is 0.00000249. The molecule has 2 aromatic heterocycles. The Hall–Kier alpha value is -1.87. The molecule has 8 nitrogen and oxygen atoms in total. The van der Waals surface area contributed by atoms with Gasteiger partial charge in [0, 0.05) is 18.5 Å². The molecule has 11 heteroatoms. The number of methoxy groups -OCH3 is 1. The molecular weight excluding hydrogens is 467 g/mol. The third kappa shape index (κ3) is 7.62. The Morgan fingerprint density at radius 2 is 2.09 bits per heavy atom. The monoisotopic (exact) mass is 502 g/mol. The highest BCUT2D eigenvalue weighted by molar-refractivity contribution is 7.85. The number of thiophene rings is 1. The second-order valence-electron chi connectivity index (χ2n) is 6.74. The minimum absolute atomic E-state index is 0.0763. The van der Waals surface area contributed by atoms with Crippen molar-refractivity contribution >= 4 is 43.1 Å². The topological polar surface area (TPSA) is 113 Å². The molecule has 0 bridgehead atoms. The van der Waals surface area contributed by atoms with Crippen LogP contribution in [0.2, 0.25) is 0 Å². The van der Waals surface area contributed by atoms with Crippen molar-refractivity contribution in [1.82, 2.24) is 4.31 Å². The molecule has 2 unspecified atom stereocenters. The summed E-state index contributed by atoms with van der Waals surface area (Å²) in [7, 11) is 2.47. The third-order valence-corrected chi connectivity index (χ3v) is 7.33. The van der Waals surface area contributed by atoms with Gasteiger partial charge in [0.2, 0.25) is 0 Å². The molecule has 0 aliphatic carbocycles. The van der Waals surface area contributed by atoms with Crippen LogP contribution in [0.3, 0.4) is 0 Å². The first-order chi connectivity index (χ1) is 15.3. The first-order valence-corrected chi connectivity index (χ1v) is 13.4. The van der Waals surface area contributed by atoms with Crippen LogP contribution in [-0.4, -0.2) is 46.3 Å². The average molecular weight is 503 g/mol. The summed E-state index contributed by atoms with van der Waals surface area (Å²) in [5.41, 5.74) is 7.99. The second-order valence-corrected chi connectivity index (χ2v) is 9.30. The molecule has 0 amide bonds. The second kappa shape index (κ2) is 14.3. The summed E-state index contributed by atoms with van der Waals surface area (Å²) in [5, 5.41) is 15.3. The van der Waals surface area contributed by atoms with E-state index >= 15 is 0 Å². The molecule has 0 radical (unpaired) electrons. The zero-order valence-corrected chi connectivity index (χ0v) is 22.3. The Bertz CT molecular complexity index is 921. The molecule has 180 valence electrons. The van der Waals surface area contributed by atoms with E-state index in [0.717, 1.165) is 5.56 Å². The molecule has 0 aliphatic rings. The van der Waals surface area contributed by atoms with E-state index in [1.807, 2.05) is 26.6 Å². The molecule has 0 saturated carbocycles. The highest BCUT2D eigenvalue weighted by Gasteiger charge is 2.21. The molecule has 4 N–H and O–H groups in total. The van der Waals surface area contributed by atoms with E-state index in [2.05, 4.69) is 33.4 Å². The summed E-state index contributed by atoms with van der Waals surface area (Å²) in [6.45, 7) is 11.4. The van der Waals surface area contributed by atoms with Crippen molar-refractivity contribution in [2.24, 2.45) is 10.7 Å². The van der Waals surface area contributed by atoms with E-state index in [0.29, 0.717) is 40.4 Å². The lowest BCUT2D eigenvalue weighted by Gasteiger charge is -2.16. The zero-order chi connectivity index (χ0) is 24.3.